The lowest BCUT2D eigenvalue weighted by Crippen LogP contribution is -2.38. The second-order valence-corrected chi connectivity index (χ2v) is 14.9. The molecule has 2 aromatic rings. The molecule has 0 N–H and O–H groups in total. The number of hydrogen-bond acceptors (Lipinski definition) is 0. The van der Waals surface area contributed by atoms with Crippen LogP contribution in [0.5, 0.6) is 0 Å². The first kappa shape index (κ1) is 19.0. The predicted molar refractivity (Wildman–Crippen MR) is 118 cm³/mol. The normalized spacial score (nSPS) is 12.9. The first-order chi connectivity index (χ1) is 11.2. The third kappa shape index (κ3) is 4.40. The van der Waals surface area contributed by atoms with Crippen LogP contribution in [0.2, 0.25) is 18.1 Å². The highest BCUT2D eigenvalue weighted by Gasteiger charge is 2.39. The molecule has 0 aliphatic rings. The fraction of sp³-hybridized carbons (Fsp3) is 0.273. The molecule has 124 valence electrons. The number of hydrogen-bond donors (Lipinski definition) is 0. The smallest absolute Gasteiger partial charge is 0.0646 e. The van der Waals surface area contributed by atoms with Crippen LogP contribution in [0.15, 0.2) is 63.9 Å². The molecule has 0 bridgehead atoms. The average Bonchev–Trinajstić information content (AvgIpc) is 2.55. The van der Waals surface area contributed by atoms with Crippen molar-refractivity contribution in [2.45, 2.75) is 38.9 Å². The zero-order chi connectivity index (χ0) is 17.8. The minimum Gasteiger partial charge on any atom is -0.0646 e. The molecular weight excluding hydrogens is 419 g/mol. The summed E-state index contributed by atoms with van der Waals surface area (Å²) in [6, 6.07) is 20.8. The van der Waals surface area contributed by atoms with Crippen LogP contribution in [0.1, 0.15) is 31.9 Å². The van der Waals surface area contributed by atoms with E-state index in [2.05, 4.69) is 111 Å². The van der Waals surface area contributed by atoms with E-state index in [0.29, 0.717) is 0 Å². The van der Waals surface area contributed by atoms with Gasteiger partial charge in [0.05, 0.1) is 8.07 Å². The Kier molecular flexibility index (Phi) is 6.11. The molecule has 0 spiro atoms. The second kappa shape index (κ2) is 7.71. The molecule has 2 aromatic carbocycles. The molecule has 0 aromatic heterocycles. The van der Waals surface area contributed by atoms with Crippen LogP contribution < -0.4 is 0 Å². The molecule has 0 fully saturated rings. The van der Waals surface area contributed by atoms with Crippen molar-refractivity contribution in [2.24, 2.45) is 0 Å². The SMILES string of the molecule is CC(C)(C)[Si](C)(C)/C(I)=C(/C#Cc1ccccc1)c1ccccc1. The van der Waals surface area contributed by atoms with Gasteiger partial charge < -0.3 is 0 Å². The zero-order valence-corrected chi connectivity index (χ0v) is 18.3. The van der Waals surface area contributed by atoms with Crippen molar-refractivity contribution in [3.05, 3.63) is 75.0 Å². The molecule has 0 aliphatic carbocycles. The standard InChI is InChI=1S/C22H25ISi/c1-22(2,3)24(4,5)21(23)20(19-14-10-7-11-15-19)17-16-18-12-8-6-9-13-18/h6-15H,1-5H3/b21-20-. The van der Waals surface area contributed by atoms with Crippen molar-refractivity contribution < 1.29 is 0 Å². The maximum atomic E-state index is 3.49. The lowest BCUT2D eigenvalue weighted by molar-refractivity contribution is 0.728. The van der Waals surface area contributed by atoms with Gasteiger partial charge in [0.2, 0.25) is 0 Å². The van der Waals surface area contributed by atoms with Crippen LogP contribution in [0, 0.1) is 11.8 Å². The summed E-state index contributed by atoms with van der Waals surface area (Å²) < 4.78 is 1.45. The first-order valence-electron chi connectivity index (χ1n) is 8.26. The van der Waals surface area contributed by atoms with Crippen LogP contribution >= 0.6 is 22.6 Å². The van der Waals surface area contributed by atoms with Gasteiger partial charge in [-0.25, -0.2) is 0 Å². The fourth-order valence-electron chi connectivity index (χ4n) is 2.16. The molecule has 0 amide bonds. The Hall–Kier alpha value is -1.31. The maximum Gasteiger partial charge on any atom is 0.0954 e. The van der Waals surface area contributed by atoms with E-state index in [1.165, 1.54) is 14.3 Å². The van der Waals surface area contributed by atoms with Gasteiger partial charge in [0.1, 0.15) is 0 Å². The number of rotatable bonds is 2. The summed E-state index contributed by atoms with van der Waals surface area (Å²) in [6.07, 6.45) is 0. The van der Waals surface area contributed by atoms with Crippen LogP contribution in [0.3, 0.4) is 0 Å². The monoisotopic (exact) mass is 444 g/mol. The highest BCUT2D eigenvalue weighted by Crippen LogP contribution is 2.45. The van der Waals surface area contributed by atoms with Crippen molar-refractivity contribution in [1.82, 2.24) is 0 Å². The zero-order valence-electron chi connectivity index (χ0n) is 15.2. The van der Waals surface area contributed by atoms with Crippen molar-refractivity contribution in [2.75, 3.05) is 0 Å². The van der Waals surface area contributed by atoms with E-state index in [0.717, 1.165) is 5.56 Å². The third-order valence-electron chi connectivity index (χ3n) is 4.81. The molecular formula is C22H25ISi. The molecule has 0 unspecified atom stereocenters. The Morgan fingerprint density at radius 2 is 1.38 bits per heavy atom. The quantitative estimate of drug-likeness (QED) is 0.268. The summed E-state index contributed by atoms with van der Waals surface area (Å²) in [5.74, 6) is 6.84. The van der Waals surface area contributed by atoms with E-state index in [9.17, 15) is 0 Å². The lowest BCUT2D eigenvalue weighted by Gasteiger charge is -2.37. The molecule has 0 aliphatic heterocycles. The Labute approximate surface area is 161 Å². The Morgan fingerprint density at radius 1 is 0.875 bits per heavy atom. The highest BCUT2D eigenvalue weighted by molar-refractivity contribution is 14.1. The van der Waals surface area contributed by atoms with Gasteiger partial charge in [-0.3, -0.25) is 0 Å². The van der Waals surface area contributed by atoms with Crippen molar-refractivity contribution in [3.8, 4) is 11.8 Å². The van der Waals surface area contributed by atoms with Gasteiger partial charge in [-0.15, -0.1) is 0 Å². The molecule has 0 radical (unpaired) electrons. The Bertz CT molecular complexity index is 769. The number of halogens is 1. The van der Waals surface area contributed by atoms with Crippen molar-refractivity contribution in [1.29, 1.82) is 0 Å². The van der Waals surface area contributed by atoms with Gasteiger partial charge in [0.25, 0.3) is 0 Å². The van der Waals surface area contributed by atoms with Gasteiger partial charge in [-0.1, -0.05) is 117 Å². The van der Waals surface area contributed by atoms with Crippen LogP contribution in [-0.2, 0) is 0 Å². The van der Waals surface area contributed by atoms with Gasteiger partial charge in [-0.05, 0) is 25.9 Å². The number of allylic oxidation sites excluding steroid dienone is 1. The van der Waals surface area contributed by atoms with E-state index in [-0.39, 0.29) is 5.04 Å². The van der Waals surface area contributed by atoms with Crippen LogP contribution in [0.4, 0.5) is 0 Å². The minimum absolute atomic E-state index is 0.290. The van der Waals surface area contributed by atoms with E-state index in [1.807, 2.05) is 18.2 Å². The topological polar surface area (TPSA) is 0 Å². The maximum absolute atomic E-state index is 3.49. The predicted octanol–water partition coefficient (Wildman–Crippen LogP) is 6.93. The molecule has 0 heterocycles. The van der Waals surface area contributed by atoms with Gasteiger partial charge >= 0.3 is 0 Å². The van der Waals surface area contributed by atoms with Gasteiger partial charge in [0, 0.05) is 11.1 Å². The van der Waals surface area contributed by atoms with Crippen LogP contribution in [-0.4, -0.2) is 8.07 Å². The molecule has 0 atom stereocenters. The Morgan fingerprint density at radius 3 is 1.88 bits per heavy atom. The molecule has 2 rings (SSSR count). The van der Waals surface area contributed by atoms with E-state index in [1.54, 1.807) is 0 Å². The van der Waals surface area contributed by atoms with E-state index < -0.39 is 8.07 Å². The summed E-state index contributed by atoms with van der Waals surface area (Å²) in [4.78, 5) is 0. The lowest BCUT2D eigenvalue weighted by atomic mass is 10.1. The Balaban J connectivity index is 2.61. The number of benzene rings is 2. The summed E-state index contributed by atoms with van der Waals surface area (Å²) in [7, 11) is -1.63. The molecule has 0 saturated heterocycles. The molecule has 24 heavy (non-hydrogen) atoms. The van der Waals surface area contributed by atoms with Gasteiger partial charge in [-0.2, -0.15) is 0 Å². The molecule has 0 saturated carbocycles. The van der Waals surface area contributed by atoms with Gasteiger partial charge in [0.15, 0.2) is 0 Å². The summed E-state index contributed by atoms with van der Waals surface area (Å²) >= 11 is 2.56. The van der Waals surface area contributed by atoms with Crippen LogP contribution in [0.25, 0.3) is 5.57 Å². The first-order valence-corrected chi connectivity index (χ1v) is 12.3. The summed E-state index contributed by atoms with van der Waals surface area (Å²) in [5, 5.41) is 0.290. The highest BCUT2D eigenvalue weighted by atomic mass is 127. The second-order valence-electron chi connectivity index (χ2n) is 7.55. The van der Waals surface area contributed by atoms with Crippen molar-refractivity contribution in [3.63, 3.8) is 0 Å². The summed E-state index contributed by atoms with van der Waals surface area (Å²) in [6.45, 7) is 11.9. The third-order valence-corrected chi connectivity index (χ3v) is 14.5. The van der Waals surface area contributed by atoms with E-state index >= 15 is 0 Å². The fourth-order valence-corrected chi connectivity index (χ4v) is 6.52. The minimum atomic E-state index is -1.63. The summed E-state index contributed by atoms with van der Waals surface area (Å²) in [5.41, 5.74) is 3.46. The molecule has 0 nitrogen and oxygen atoms in total. The largest absolute Gasteiger partial charge is 0.0954 e. The van der Waals surface area contributed by atoms with E-state index in [4.69, 9.17) is 0 Å². The average molecular weight is 444 g/mol. The molecule has 2 heteroatoms. The van der Waals surface area contributed by atoms with Crippen molar-refractivity contribution >= 4 is 36.2 Å².